The number of unbranched alkanes of at least 4 members (excludes halogenated alkanes) is 1. The number of carbonyl (C=O) groups excluding carboxylic acids is 1. The number of hydrogen-bond acceptors (Lipinski definition) is 2. The maximum atomic E-state index is 13.4. The lowest BCUT2D eigenvalue weighted by Crippen LogP contribution is -2.12. The fourth-order valence-electron chi connectivity index (χ4n) is 1.97. The Balaban J connectivity index is 2.56. The van der Waals surface area contributed by atoms with Crippen LogP contribution in [0.5, 0.6) is 0 Å². The maximum Gasteiger partial charge on any atom is 0.330 e. The molecule has 122 valence electrons. The van der Waals surface area contributed by atoms with Crippen molar-refractivity contribution in [1.29, 1.82) is 0 Å². The van der Waals surface area contributed by atoms with Crippen LogP contribution < -0.4 is 0 Å². The van der Waals surface area contributed by atoms with Crippen molar-refractivity contribution in [2.45, 2.75) is 39.5 Å². The standard InChI is InChI=1S/C17H21Cl2FO2/c1-3-5-6-12(4-2)11-22-17(21)8-7-13-9-16(20)15(19)10-14(13)18/h7-10,12H,3-6,11H2,1-2H3. The minimum absolute atomic E-state index is 0.0496. The van der Waals surface area contributed by atoms with Gasteiger partial charge < -0.3 is 4.74 Å². The summed E-state index contributed by atoms with van der Waals surface area (Å²) in [5.74, 6) is -0.653. The summed E-state index contributed by atoms with van der Waals surface area (Å²) in [4.78, 5) is 11.7. The molecule has 0 radical (unpaired) electrons. The summed E-state index contributed by atoms with van der Waals surface area (Å²) >= 11 is 11.6. The van der Waals surface area contributed by atoms with Gasteiger partial charge in [-0.1, -0.05) is 56.3 Å². The van der Waals surface area contributed by atoms with E-state index in [0.29, 0.717) is 18.1 Å². The molecule has 0 aromatic heterocycles. The molecule has 0 aliphatic carbocycles. The highest BCUT2D eigenvalue weighted by Crippen LogP contribution is 2.25. The first-order valence-corrected chi connectivity index (χ1v) is 8.22. The Labute approximate surface area is 141 Å². The lowest BCUT2D eigenvalue weighted by Gasteiger charge is -2.13. The molecule has 1 aromatic carbocycles. The van der Waals surface area contributed by atoms with Crippen LogP contribution in [0.2, 0.25) is 10.0 Å². The second kappa shape index (κ2) is 9.86. The Hall–Kier alpha value is -1.06. The van der Waals surface area contributed by atoms with E-state index >= 15 is 0 Å². The zero-order valence-electron chi connectivity index (χ0n) is 12.9. The van der Waals surface area contributed by atoms with Crippen molar-refractivity contribution >= 4 is 35.2 Å². The fraction of sp³-hybridized carbons (Fsp3) is 0.471. The summed E-state index contributed by atoms with van der Waals surface area (Å²) < 4.78 is 18.6. The van der Waals surface area contributed by atoms with Crippen molar-refractivity contribution in [2.24, 2.45) is 5.92 Å². The van der Waals surface area contributed by atoms with Crippen LogP contribution in [0.1, 0.15) is 45.1 Å². The third-order valence-corrected chi connectivity index (χ3v) is 4.06. The summed E-state index contributed by atoms with van der Waals surface area (Å²) in [6.45, 7) is 4.62. The molecule has 0 amide bonds. The topological polar surface area (TPSA) is 26.3 Å². The molecule has 0 heterocycles. The SMILES string of the molecule is CCCCC(CC)COC(=O)C=Cc1cc(F)c(Cl)cc1Cl. The van der Waals surface area contributed by atoms with Gasteiger partial charge in [-0.25, -0.2) is 9.18 Å². The molecule has 0 spiro atoms. The quantitative estimate of drug-likeness (QED) is 0.332. The van der Waals surface area contributed by atoms with Gasteiger partial charge in [-0.3, -0.25) is 0 Å². The van der Waals surface area contributed by atoms with Crippen molar-refractivity contribution in [1.82, 2.24) is 0 Å². The molecule has 22 heavy (non-hydrogen) atoms. The summed E-state index contributed by atoms with van der Waals surface area (Å²) in [6.07, 6.45) is 6.97. The average molecular weight is 347 g/mol. The second-order valence-corrected chi connectivity index (χ2v) is 5.98. The van der Waals surface area contributed by atoms with Crippen molar-refractivity contribution < 1.29 is 13.9 Å². The van der Waals surface area contributed by atoms with Crippen LogP contribution in [-0.4, -0.2) is 12.6 Å². The third-order valence-electron chi connectivity index (χ3n) is 3.44. The number of halogens is 3. The molecule has 1 atom stereocenters. The third kappa shape index (κ3) is 6.37. The first-order chi connectivity index (χ1) is 10.5. The number of benzene rings is 1. The van der Waals surface area contributed by atoms with E-state index in [9.17, 15) is 9.18 Å². The zero-order chi connectivity index (χ0) is 16.5. The lowest BCUT2D eigenvalue weighted by molar-refractivity contribution is -0.139. The van der Waals surface area contributed by atoms with E-state index in [1.807, 2.05) is 0 Å². The van der Waals surface area contributed by atoms with Gasteiger partial charge in [-0.05, 0) is 36.1 Å². The van der Waals surface area contributed by atoms with Crippen LogP contribution in [0.4, 0.5) is 4.39 Å². The molecule has 0 aliphatic rings. The van der Waals surface area contributed by atoms with Crippen molar-refractivity contribution in [3.05, 3.63) is 39.6 Å². The van der Waals surface area contributed by atoms with Crippen LogP contribution in [0.15, 0.2) is 18.2 Å². The van der Waals surface area contributed by atoms with Crippen LogP contribution in [-0.2, 0) is 9.53 Å². The number of ether oxygens (including phenoxy) is 1. The van der Waals surface area contributed by atoms with Gasteiger partial charge in [0.2, 0.25) is 0 Å². The number of rotatable bonds is 8. The molecular weight excluding hydrogens is 326 g/mol. The van der Waals surface area contributed by atoms with Crippen molar-refractivity contribution in [3.63, 3.8) is 0 Å². The van der Waals surface area contributed by atoms with E-state index in [4.69, 9.17) is 27.9 Å². The number of esters is 1. The van der Waals surface area contributed by atoms with Gasteiger partial charge in [-0.15, -0.1) is 0 Å². The predicted molar refractivity (Wildman–Crippen MR) is 89.7 cm³/mol. The smallest absolute Gasteiger partial charge is 0.330 e. The fourth-order valence-corrected chi connectivity index (χ4v) is 2.42. The van der Waals surface area contributed by atoms with E-state index in [2.05, 4.69) is 13.8 Å². The zero-order valence-corrected chi connectivity index (χ0v) is 14.4. The van der Waals surface area contributed by atoms with E-state index in [0.717, 1.165) is 25.7 Å². The Morgan fingerprint density at radius 2 is 2.05 bits per heavy atom. The molecule has 0 aliphatic heterocycles. The summed E-state index contributed by atoms with van der Waals surface area (Å²) in [6, 6.07) is 2.49. The average Bonchev–Trinajstić information content (AvgIpc) is 2.49. The summed E-state index contributed by atoms with van der Waals surface area (Å²) in [5.41, 5.74) is 0.388. The van der Waals surface area contributed by atoms with E-state index < -0.39 is 11.8 Å². The van der Waals surface area contributed by atoms with Gasteiger partial charge >= 0.3 is 5.97 Å². The first-order valence-electron chi connectivity index (χ1n) is 7.47. The largest absolute Gasteiger partial charge is 0.462 e. The highest BCUT2D eigenvalue weighted by atomic mass is 35.5. The maximum absolute atomic E-state index is 13.4. The molecule has 5 heteroatoms. The Morgan fingerprint density at radius 3 is 2.68 bits per heavy atom. The van der Waals surface area contributed by atoms with E-state index in [-0.39, 0.29) is 10.0 Å². The van der Waals surface area contributed by atoms with Gasteiger partial charge in [0, 0.05) is 11.1 Å². The van der Waals surface area contributed by atoms with Crippen LogP contribution in [0, 0.1) is 11.7 Å². The van der Waals surface area contributed by atoms with Gasteiger partial charge in [-0.2, -0.15) is 0 Å². The molecule has 0 N–H and O–H groups in total. The minimum atomic E-state index is -0.579. The first kappa shape index (κ1) is 19.0. The Bertz CT molecular complexity index is 530. The molecule has 1 rings (SSSR count). The summed E-state index contributed by atoms with van der Waals surface area (Å²) in [5, 5.41) is 0.233. The highest BCUT2D eigenvalue weighted by Gasteiger charge is 2.09. The molecule has 1 aromatic rings. The van der Waals surface area contributed by atoms with Gasteiger partial charge in [0.15, 0.2) is 0 Å². The Morgan fingerprint density at radius 1 is 1.32 bits per heavy atom. The summed E-state index contributed by atoms with van der Waals surface area (Å²) in [7, 11) is 0. The van der Waals surface area contributed by atoms with Crippen molar-refractivity contribution in [3.8, 4) is 0 Å². The molecule has 0 saturated heterocycles. The number of hydrogen-bond donors (Lipinski definition) is 0. The van der Waals surface area contributed by atoms with E-state index in [1.54, 1.807) is 0 Å². The molecule has 0 bridgehead atoms. The molecule has 0 fully saturated rings. The Kier molecular flexibility index (Phi) is 8.51. The van der Waals surface area contributed by atoms with Crippen LogP contribution in [0.3, 0.4) is 0 Å². The number of carbonyl (C=O) groups is 1. The molecule has 0 saturated carbocycles. The van der Waals surface area contributed by atoms with Crippen LogP contribution >= 0.6 is 23.2 Å². The van der Waals surface area contributed by atoms with E-state index in [1.165, 1.54) is 24.3 Å². The van der Waals surface area contributed by atoms with Crippen molar-refractivity contribution in [2.75, 3.05) is 6.61 Å². The molecular formula is C17H21Cl2FO2. The monoisotopic (exact) mass is 346 g/mol. The minimum Gasteiger partial charge on any atom is -0.462 e. The van der Waals surface area contributed by atoms with Crippen LogP contribution in [0.25, 0.3) is 6.08 Å². The lowest BCUT2D eigenvalue weighted by atomic mass is 10.0. The predicted octanol–water partition coefficient (Wildman–Crippen LogP) is 5.91. The van der Waals surface area contributed by atoms with Gasteiger partial charge in [0.25, 0.3) is 0 Å². The molecule has 1 unspecified atom stereocenters. The molecule has 2 nitrogen and oxygen atoms in total. The van der Waals surface area contributed by atoms with Gasteiger partial charge in [0.1, 0.15) is 5.82 Å². The normalized spacial score (nSPS) is 12.6. The highest BCUT2D eigenvalue weighted by molar-refractivity contribution is 6.35. The van der Waals surface area contributed by atoms with Gasteiger partial charge in [0.05, 0.1) is 11.6 Å². The second-order valence-electron chi connectivity index (χ2n) is 5.17.